The number of pyridine rings is 1. The minimum atomic E-state index is -4.49. The lowest BCUT2D eigenvalue weighted by atomic mass is 10.1. The maximum absolute atomic E-state index is 12.5. The van der Waals surface area contributed by atoms with Crippen LogP contribution in [0, 0.1) is 6.92 Å². The maximum Gasteiger partial charge on any atom is 0.433 e. The molecule has 0 aliphatic heterocycles. The van der Waals surface area contributed by atoms with E-state index < -0.39 is 11.9 Å². The minimum Gasteiger partial charge on any atom is -0.342 e. The van der Waals surface area contributed by atoms with Gasteiger partial charge in [0.2, 0.25) is 0 Å². The highest BCUT2D eigenvalue weighted by atomic mass is 19.4. The van der Waals surface area contributed by atoms with Crippen molar-refractivity contribution in [2.24, 2.45) is 0 Å². The molecule has 0 spiro atoms. The summed E-state index contributed by atoms with van der Waals surface area (Å²) in [5.41, 5.74) is -0.660. The highest BCUT2D eigenvalue weighted by Crippen LogP contribution is 2.28. The van der Waals surface area contributed by atoms with Crippen LogP contribution in [0.25, 0.3) is 0 Å². The molecule has 1 rings (SSSR count). The van der Waals surface area contributed by atoms with Crippen molar-refractivity contribution in [2.45, 2.75) is 32.9 Å². The zero-order chi connectivity index (χ0) is 14.6. The molecule has 0 atom stereocenters. The van der Waals surface area contributed by atoms with Crippen LogP contribution < -0.4 is 0 Å². The van der Waals surface area contributed by atoms with E-state index in [2.05, 4.69) is 4.98 Å². The van der Waals surface area contributed by atoms with E-state index >= 15 is 0 Å². The third-order valence-electron chi connectivity index (χ3n) is 2.80. The molecular formula is C13H17F3N2O. The Kier molecular flexibility index (Phi) is 4.91. The summed E-state index contributed by atoms with van der Waals surface area (Å²) in [7, 11) is 1.63. The van der Waals surface area contributed by atoms with E-state index in [9.17, 15) is 18.0 Å². The van der Waals surface area contributed by atoms with Gasteiger partial charge in [-0.25, -0.2) is 4.98 Å². The van der Waals surface area contributed by atoms with Gasteiger partial charge in [0, 0.05) is 13.6 Å². The molecule has 6 heteroatoms. The number of amides is 1. The zero-order valence-electron chi connectivity index (χ0n) is 11.2. The number of halogens is 3. The Hall–Kier alpha value is -1.59. The fourth-order valence-corrected chi connectivity index (χ4v) is 1.65. The van der Waals surface area contributed by atoms with Crippen molar-refractivity contribution in [3.05, 3.63) is 29.1 Å². The summed E-state index contributed by atoms with van der Waals surface area (Å²) in [5, 5.41) is 0. The van der Waals surface area contributed by atoms with E-state index in [1.165, 1.54) is 17.9 Å². The van der Waals surface area contributed by atoms with E-state index in [4.69, 9.17) is 0 Å². The molecule has 1 heterocycles. The summed E-state index contributed by atoms with van der Waals surface area (Å²) in [5.74, 6) is -0.299. The van der Waals surface area contributed by atoms with Gasteiger partial charge in [-0.3, -0.25) is 4.79 Å². The topological polar surface area (TPSA) is 33.2 Å². The van der Waals surface area contributed by atoms with Crippen molar-refractivity contribution < 1.29 is 18.0 Å². The Labute approximate surface area is 110 Å². The first-order valence-electron chi connectivity index (χ1n) is 6.07. The second-order valence-electron chi connectivity index (χ2n) is 4.41. The molecule has 0 aliphatic carbocycles. The zero-order valence-corrected chi connectivity index (χ0v) is 11.2. The number of carbonyl (C=O) groups is 1. The first-order chi connectivity index (χ1) is 8.77. The lowest BCUT2D eigenvalue weighted by Gasteiger charge is -2.18. The first kappa shape index (κ1) is 15.5. The molecule has 0 aromatic carbocycles. The van der Waals surface area contributed by atoms with E-state index in [0.29, 0.717) is 6.54 Å². The van der Waals surface area contributed by atoms with Crippen molar-refractivity contribution >= 4 is 5.91 Å². The third-order valence-corrected chi connectivity index (χ3v) is 2.80. The average molecular weight is 274 g/mol. The lowest BCUT2D eigenvalue weighted by Crippen LogP contribution is -2.28. The number of aromatic nitrogens is 1. The molecule has 0 unspecified atom stereocenters. The number of carbonyl (C=O) groups excluding carboxylic acids is 1. The van der Waals surface area contributed by atoms with Crippen LogP contribution >= 0.6 is 0 Å². The largest absolute Gasteiger partial charge is 0.433 e. The fraction of sp³-hybridized carbons (Fsp3) is 0.538. The minimum absolute atomic E-state index is 0.100. The van der Waals surface area contributed by atoms with Gasteiger partial charge in [-0.1, -0.05) is 13.3 Å². The monoisotopic (exact) mass is 274 g/mol. The molecule has 0 fully saturated rings. The van der Waals surface area contributed by atoms with Gasteiger partial charge in [0.05, 0.1) is 11.3 Å². The second-order valence-corrected chi connectivity index (χ2v) is 4.41. The van der Waals surface area contributed by atoms with Crippen LogP contribution in [-0.4, -0.2) is 29.4 Å². The predicted molar refractivity (Wildman–Crippen MR) is 65.8 cm³/mol. The number of hydrogen-bond acceptors (Lipinski definition) is 2. The van der Waals surface area contributed by atoms with E-state index in [1.54, 1.807) is 7.05 Å². The van der Waals surface area contributed by atoms with E-state index in [0.717, 1.165) is 18.9 Å². The number of unbranched alkanes of at least 4 members (excludes halogenated alkanes) is 1. The van der Waals surface area contributed by atoms with E-state index in [1.807, 2.05) is 6.92 Å². The Morgan fingerprint density at radius 1 is 1.37 bits per heavy atom. The predicted octanol–water partition coefficient (Wildman–Crippen LogP) is 3.28. The smallest absolute Gasteiger partial charge is 0.342 e. The third kappa shape index (κ3) is 3.94. The molecule has 106 valence electrons. The van der Waals surface area contributed by atoms with Crippen LogP contribution in [0.2, 0.25) is 0 Å². The first-order valence-corrected chi connectivity index (χ1v) is 6.07. The summed E-state index contributed by atoms with van der Waals surface area (Å²) < 4.78 is 37.4. The van der Waals surface area contributed by atoms with Crippen LogP contribution in [0.15, 0.2) is 12.1 Å². The summed E-state index contributed by atoms with van der Waals surface area (Å²) in [6, 6.07) is 2.03. The number of rotatable bonds is 4. The molecule has 1 aromatic rings. The molecule has 0 saturated heterocycles. The Morgan fingerprint density at radius 3 is 2.47 bits per heavy atom. The molecule has 0 aliphatic rings. The van der Waals surface area contributed by atoms with Crippen molar-refractivity contribution in [2.75, 3.05) is 13.6 Å². The van der Waals surface area contributed by atoms with Crippen LogP contribution in [0.1, 0.15) is 41.5 Å². The molecule has 0 saturated carbocycles. The maximum atomic E-state index is 12.5. The van der Waals surface area contributed by atoms with Gasteiger partial charge in [0.1, 0.15) is 5.69 Å². The number of alkyl halides is 3. The molecule has 1 amide bonds. The van der Waals surface area contributed by atoms with Crippen LogP contribution in [0.4, 0.5) is 13.2 Å². The molecule has 1 aromatic heterocycles. The summed E-state index contributed by atoms with van der Waals surface area (Å²) in [4.78, 5) is 17.0. The Balaban J connectivity index is 2.93. The van der Waals surface area contributed by atoms with Crippen LogP contribution in [0.5, 0.6) is 0 Å². The Morgan fingerprint density at radius 2 is 2.00 bits per heavy atom. The molecule has 0 bridgehead atoms. The summed E-state index contributed by atoms with van der Waals surface area (Å²) in [6.45, 7) is 4.00. The SMILES string of the molecule is CCCCN(C)C(=O)c1ccc(C(F)(F)F)nc1C. The van der Waals surface area contributed by atoms with Crippen molar-refractivity contribution in [3.63, 3.8) is 0 Å². The average Bonchev–Trinajstić information content (AvgIpc) is 2.33. The Bertz CT molecular complexity index is 458. The normalized spacial score (nSPS) is 11.5. The molecule has 0 radical (unpaired) electrons. The highest BCUT2D eigenvalue weighted by molar-refractivity contribution is 5.95. The number of nitrogens with zero attached hydrogens (tertiary/aromatic N) is 2. The number of hydrogen-bond donors (Lipinski definition) is 0. The van der Waals surface area contributed by atoms with Crippen LogP contribution in [0.3, 0.4) is 0 Å². The van der Waals surface area contributed by atoms with Gasteiger partial charge in [-0.2, -0.15) is 13.2 Å². The van der Waals surface area contributed by atoms with Crippen molar-refractivity contribution in [1.29, 1.82) is 0 Å². The fourth-order valence-electron chi connectivity index (χ4n) is 1.65. The van der Waals surface area contributed by atoms with E-state index in [-0.39, 0.29) is 17.2 Å². The van der Waals surface area contributed by atoms with Gasteiger partial charge >= 0.3 is 6.18 Å². The van der Waals surface area contributed by atoms with Gasteiger partial charge < -0.3 is 4.90 Å². The number of aryl methyl sites for hydroxylation is 1. The van der Waals surface area contributed by atoms with Gasteiger partial charge in [-0.15, -0.1) is 0 Å². The summed E-state index contributed by atoms with van der Waals surface area (Å²) >= 11 is 0. The molecule has 19 heavy (non-hydrogen) atoms. The van der Waals surface area contributed by atoms with Crippen molar-refractivity contribution in [1.82, 2.24) is 9.88 Å². The van der Waals surface area contributed by atoms with Gasteiger partial charge in [-0.05, 0) is 25.5 Å². The lowest BCUT2D eigenvalue weighted by molar-refractivity contribution is -0.141. The quantitative estimate of drug-likeness (QED) is 0.844. The molecule has 0 N–H and O–H groups in total. The molecule has 3 nitrogen and oxygen atoms in total. The highest BCUT2D eigenvalue weighted by Gasteiger charge is 2.33. The molecular weight excluding hydrogens is 257 g/mol. The van der Waals surface area contributed by atoms with Gasteiger partial charge in [0.15, 0.2) is 0 Å². The standard InChI is InChI=1S/C13H17F3N2O/c1-4-5-8-18(3)12(19)10-6-7-11(13(14,15)16)17-9(10)2/h6-7H,4-5,8H2,1-3H3. The van der Waals surface area contributed by atoms with Crippen LogP contribution in [-0.2, 0) is 6.18 Å². The van der Waals surface area contributed by atoms with Crippen molar-refractivity contribution in [3.8, 4) is 0 Å². The summed E-state index contributed by atoms with van der Waals surface area (Å²) in [6.07, 6.45) is -2.68. The second kappa shape index (κ2) is 6.04. The van der Waals surface area contributed by atoms with Gasteiger partial charge in [0.25, 0.3) is 5.91 Å².